The lowest BCUT2D eigenvalue weighted by Gasteiger charge is -2.14. The second kappa shape index (κ2) is 6.49. The fraction of sp³-hybridized carbons (Fsp3) is 0.167. The minimum Gasteiger partial charge on any atom is -0.0654 e. The summed E-state index contributed by atoms with van der Waals surface area (Å²) < 4.78 is 0. The Morgan fingerprint density at radius 2 is 1.38 bits per heavy atom. The van der Waals surface area contributed by atoms with Gasteiger partial charge < -0.3 is 0 Å². The highest BCUT2D eigenvalue weighted by molar-refractivity contribution is 6.01. The third kappa shape index (κ3) is 2.69. The van der Waals surface area contributed by atoms with E-state index < -0.39 is 0 Å². The van der Waals surface area contributed by atoms with E-state index in [1.165, 1.54) is 51.1 Å². The lowest BCUT2D eigenvalue weighted by Crippen LogP contribution is -1.93. The Bertz CT molecular complexity index is 981. The topological polar surface area (TPSA) is 0 Å². The fourth-order valence-corrected chi connectivity index (χ4v) is 3.59. The first-order chi connectivity index (χ1) is 11.9. The Hall–Kier alpha value is -2.60. The average molecular weight is 310 g/mol. The number of aryl methyl sites for hydroxylation is 1. The zero-order valence-corrected chi connectivity index (χ0v) is 14.1. The largest absolute Gasteiger partial charge is 0.0654 e. The maximum absolute atomic E-state index is 2.38. The van der Waals surface area contributed by atoms with Gasteiger partial charge >= 0.3 is 0 Å². The highest BCUT2D eigenvalue weighted by Crippen LogP contribution is 2.33. The van der Waals surface area contributed by atoms with E-state index >= 15 is 0 Å². The average Bonchev–Trinajstić information content (AvgIpc) is 2.65. The molecule has 0 nitrogen and oxygen atoms in total. The maximum atomic E-state index is 2.38. The fourth-order valence-electron chi connectivity index (χ4n) is 3.59. The predicted octanol–water partition coefficient (Wildman–Crippen LogP) is 7.00. The smallest absolute Gasteiger partial charge is 0.0139 e. The molecule has 0 aliphatic carbocycles. The van der Waals surface area contributed by atoms with Gasteiger partial charge in [0.05, 0.1) is 0 Å². The number of fused-ring (bicyclic) bond motifs is 2. The number of benzene rings is 4. The Kier molecular flexibility index (Phi) is 4.04. The highest BCUT2D eigenvalue weighted by Gasteiger charge is 2.10. The van der Waals surface area contributed by atoms with Gasteiger partial charge in [-0.1, -0.05) is 80.1 Å². The standard InChI is InChI=1S/C24H22/c1-2-3-13-23-22(18-9-5-4-6-10-18)15-14-21-16-19-11-7-8-12-20(19)17-24(21)23/h4-12,14-17H,2-3,13H2,1H3. The molecule has 4 aromatic carbocycles. The molecule has 0 spiro atoms. The maximum Gasteiger partial charge on any atom is -0.0139 e. The van der Waals surface area contributed by atoms with Gasteiger partial charge in [0, 0.05) is 0 Å². The molecule has 0 aliphatic heterocycles. The van der Waals surface area contributed by atoms with Gasteiger partial charge in [-0.25, -0.2) is 0 Å². The minimum atomic E-state index is 1.14. The minimum absolute atomic E-state index is 1.14. The van der Waals surface area contributed by atoms with Crippen molar-refractivity contribution in [3.8, 4) is 11.1 Å². The number of rotatable bonds is 4. The lowest BCUT2D eigenvalue weighted by atomic mass is 9.90. The molecule has 0 bridgehead atoms. The van der Waals surface area contributed by atoms with Crippen LogP contribution in [0.5, 0.6) is 0 Å². The molecular weight excluding hydrogens is 288 g/mol. The van der Waals surface area contributed by atoms with Gasteiger partial charge in [-0.15, -0.1) is 0 Å². The molecule has 0 saturated heterocycles. The van der Waals surface area contributed by atoms with Crippen LogP contribution >= 0.6 is 0 Å². The molecule has 0 aliphatic rings. The molecule has 0 N–H and O–H groups in total. The van der Waals surface area contributed by atoms with E-state index in [1.54, 1.807) is 0 Å². The molecule has 0 radical (unpaired) electrons. The predicted molar refractivity (Wildman–Crippen MR) is 106 cm³/mol. The second-order valence-electron chi connectivity index (χ2n) is 6.48. The van der Waals surface area contributed by atoms with E-state index in [0.29, 0.717) is 0 Å². The van der Waals surface area contributed by atoms with Crippen LogP contribution < -0.4 is 0 Å². The van der Waals surface area contributed by atoms with E-state index in [0.717, 1.165) is 6.42 Å². The van der Waals surface area contributed by atoms with Crippen molar-refractivity contribution in [1.29, 1.82) is 0 Å². The van der Waals surface area contributed by atoms with E-state index in [-0.39, 0.29) is 0 Å². The third-order valence-electron chi connectivity index (χ3n) is 4.86. The molecule has 0 heteroatoms. The van der Waals surface area contributed by atoms with Crippen molar-refractivity contribution < 1.29 is 0 Å². The first kappa shape index (κ1) is 15.0. The van der Waals surface area contributed by atoms with Crippen LogP contribution in [-0.4, -0.2) is 0 Å². The zero-order chi connectivity index (χ0) is 16.4. The van der Waals surface area contributed by atoms with Crippen LogP contribution in [0.4, 0.5) is 0 Å². The van der Waals surface area contributed by atoms with Crippen LogP contribution in [0.2, 0.25) is 0 Å². The lowest BCUT2D eigenvalue weighted by molar-refractivity contribution is 0.800. The Morgan fingerprint density at radius 3 is 2.12 bits per heavy atom. The molecule has 4 rings (SSSR count). The summed E-state index contributed by atoms with van der Waals surface area (Å²) in [7, 11) is 0. The van der Waals surface area contributed by atoms with Gasteiger partial charge in [0.1, 0.15) is 0 Å². The van der Waals surface area contributed by atoms with Gasteiger partial charge in [-0.2, -0.15) is 0 Å². The molecule has 0 fully saturated rings. The summed E-state index contributed by atoms with van der Waals surface area (Å²) >= 11 is 0. The normalized spacial score (nSPS) is 11.2. The first-order valence-corrected chi connectivity index (χ1v) is 8.86. The van der Waals surface area contributed by atoms with Gasteiger partial charge in [0.2, 0.25) is 0 Å². The van der Waals surface area contributed by atoms with E-state index in [9.17, 15) is 0 Å². The zero-order valence-electron chi connectivity index (χ0n) is 14.1. The van der Waals surface area contributed by atoms with Gasteiger partial charge in [0.25, 0.3) is 0 Å². The number of hydrogen-bond donors (Lipinski definition) is 0. The molecule has 0 unspecified atom stereocenters. The molecule has 24 heavy (non-hydrogen) atoms. The highest BCUT2D eigenvalue weighted by atomic mass is 14.1. The molecule has 0 aromatic heterocycles. The number of unbranched alkanes of at least 4 members (excludes halogenated alkanes) is 1. The summed E-state index contributed by atoms with van der Waals surface area (Å²) in [6, 6.07) is 28.7. The SMILES string of the molecule is CCCCc1c(-c2ccccc2)ccc2cc3ccccc3cc12. The quantitative estimate of drug-likeness (QED) is 0.356. The van der Waals surface area contributed by atoms with Crippen molar-refractivity contribution in [2.24, 2.45) is 0 Å². The summed E-state index contributed by atoms with van der Waals surface area (Å²) in [6.45, 7) is 2.27. The Morgan fingerprint density at radius 1 is 0.667 bits per heavy atom. The molecule has 0 atom stereocenters. The molecule has 0 saturated carbocycles. The first-order valence-electron chi connectivity index (χ1n) is 8.86. The summed E-state index contributed by atoms with van der Waals surface area (Å²) in [5, 5.41) is 5.40. The molecule has 4 aromatic rings. The van der Waals surface area contributed by atoms with E-state index in [2.05, 4.69) is 85.8 Å². The number of hydrogen-bond acceptors (Lipinski definition) is 0. The summed E-state index contributed by atoms with van der Waals surface area (Å²) in [5.41, 5.74) is 4.19. The molecule has 0 amide bonds. The van der Waals surface area contributed by atoms with Crippen LogP contribution in [0.25, 0.3) is 32.7 Å². The van der Waals surface area contributed by atoms with Crippen LogP contribution in [-0.2, 0) is 6.42 Å². The van der Waals surface area contributed by atoms with Crippen LogP contribution in [0.15, 0.2) is 78.9 Å². The summed E-state index contributed by atoms with van der Waals surface area (Å²) in [6.07, 6.45) is 3.58. The van der Waals surface area contributed by atoms with Gasteiger partial charge in [0.15, 0.2) is 0 Å². The third-order valence-corrected chi connectivity index (χ3v) is 4.86. The van der Waals surface area contributed by atoms with Crippen molar-refractivity contribution >= 4 is 21.5 Å². The van der Waals surface area contributed by atoms with E-state index in [1.807, 2.05) is 0 Å². The Labute approximate surface area is 143 Å². The van der Waals surface area contributed by atoms with Crippen LogP contribution in [0, 0.1) is 0 Å². The second-order valence-corrected chi connectivity index (χ2v) is 6.48. The van der Waals surface area contributed by atoms with Crippen molar-refractivity contribution in [1.82, 2.24) is 0 Å². The summed E-state index contributed by atoms with van der Waals surface area (Å²) in [4.78, 5) is 0. The van der Waals surface area contributed by atoms with Crippen molar-refractivity contribution in [3.05, 3.63) is 84.4 Å². The molecule has 118 valence electrons. The monoisotopic (exact) mass is 310 g/mol. The van der Waals surface area contributed by atoms with Crippen LogP contribution in [0.1, 0.15) is 25.3 Å². The molecule has 0 heterocycles. The van der Waals surface area contributed by atoms with Gasteiger partial charge in [-0.05, 0) is 63.2 Å². The van der Waals surface area contributed by atoms with Crippen molar-refractivity contribution in [2.75, 3.05) is 0 Å². The van der Waals surface area contributed by atoms with E-state index in [4.69, 9.17) is 0 Å². The van der Waals surface area contributed by atoms with Crippen LogP contribution in [0.3, 0.4) is 0 Å². The summed E-state index contributed by atoms with van der Waals surface area (Å²) in [5.74, 6) is 0. The Balaban J connectivity index is 2.00. The van der Waals surface area contributed by atoms with Crippen molar-refractivity contribution in [3.63, 3.8) is 0 Å². The van der Waals surface area contributed by atoms with Crippen molar-refractivity contribution in [2.45, 2.75) is 26.2 Å². The van der Waals surface area contributed by atoms with Gasteiger partial charge in [-0.3, -0.25) is 0 Å². The molecular formula is C24H22.